The quantitative estimate of drug-likeness (QED) is 0.668. The zero-order valence-corrected chi connectivity index (χ0v) is 15.3. The van der Waals surface area contributed by atoms with Gasteiger partial charge in [0.15, 0.2) is 0 Å². The van der Waals surface area contributed by atoms with Crippen molar-refractivity contribution in [2.75, 3.05) is 5.32 Å². The van der Waals surface area contributed by atoms with Crippen molar-refractivity contribution in [2.24, 2.45) is 0 Å². The molecule has 0 radical (unpaired) electrons. The van der Waals surface area contributed by atoms with Gasteiger partial charge in [-0.2, -0.15) is 0 Å². The third-order valence-corrected chi connectivity index (χ3v) is 4.19. The van der Waals surface area contributed by atoms with Gasteiger partial charge in [0, 0.05) is 16.3 Å². The highest BCUT2D eigenvalue weighted by atomic mass is 35.5. The third-order valence-electron chi connectivity index (χ3n) is 3.66. The number of nitrogens with zero attached hydrogens (tertiary/aromatic N) is 2. The molecule has 2 aromatic carbocycles. The van der Waals surface area contributed by atoms with Crippen molar-refractivity contribution in [3.63, 3.8) is 0 Å². The van der Waals surface area contributed by atoms with Gasteiger partial charge in [0.1, 0.15) is 6.54 Å². The molecule has 7 heteroatoms. The fraction of sp³-hybridized carbons (Fsp3) is 0.167. The van der Waals surface area contributed by atoms with Crippen LogP contribution in [0.3, 0.4) is 0 Å². The fourth-order valence-electron chi connectivity index (χ4n) is 2.31. The zero-order chi connectivity index (χ0) is 18.0. The largest absolute Gasteiger partial charge is 0.409 e. The molecule has 0 bridgehead atoms. The van der Waals surface area contributed by atoms with Crippen LogP contribution < -0.4 is 5.32 Å². The normalized spacial score (nSPS) is 10.7. The summed E-state index contributed by atoms with van der Waals surface area (Å²) < 4.78 is 6.87. The minimum Gasteiger partial charge on any atom is -0.409 e. The van der Waals surface area contributed by atoms with Crippen molar-refractivity contribution < 1.29 is 9.21 Å². The molecule has 1 heterocycles. The van der Waals surface area contributed by atoms with Crippen molar-refractivity contribution in [2.45, 2.75) is 20.4 Å². The van der Waals surface area contributed by atoms with Crippen LogP contribution in [0, 0.1) is 18.7 Å². The molecule has 5 nitrogen and oxygen atoms in total. The Morgan fingerprint density at radius 3 is 2.64 bits per heavy atom. The van der Waals surface area contributed by atoms with Gasteiger partial charge in [-0.25, -0.2) is 4.68 Å². The minimum absolute atomic E-state index is 0.0315. The number of carbonyl (C=O) groups excluding carboxylic acids is 1. The van der Waals surface area contributed by atoms with Crippen LogP contribution in [-0.4, -0.2) is 15.7 Å². The highest BCUT2D eigenvalue weighted by molar-refractivity contribution is 7.71. The number of nitrogens with one attached hydrogen (secondary N) is 1. The van der Waals surface area contributed by atoms with Crippen molar-refractivity contribution in [3.05, 3.63) is 63.5 Å². The van der Waals surface area contributed by atoms with Crippen LogP contribution in [0.15, 0.2) is 46.9 Å². The number of anilines is 1. The lowest BCUT2D eigenvalue weighted by molar-refractivity contribution is -0.117. The summed E-state index contributed by atoms with van der Waals surface area (Å²) in [5.41, 5.74) is 3.53. The molecule has 3 rings (SSSR count). The number of halogens is 1. The first kappa shape index (κ1) is 17.4. The van der Waals surface area contributed by atoms with Gasteiger partial charge < -0.3 is 9.73 Å². The Labute approximate surface area is 155 Å². The second-order valence-corrected chi connectivity index (χ2v) is 6.49. The van der Waals surface area contributed by atoms with Crippen LogP contribution in [0.4, 0.5) is 5.69 Å². The van der Waals surface area contributed by atoms with E-state index < -0.39 is 0 Å². The van der Waals surface area contributed by atoms with E-state index in [-0.39, 0.29) is 17.3 Å². The van der Waals surface area contributed by atoms with Crippen LogP contribution in [-0.2, 0) is 11.3 Å². The number of hydrogen-bond donors (Lipinski definition) is 1. The second-order valence-electron chi connectivity index (χ2n) is 5.70. The van der Waals surface area contributed by atoms with E-state index in [0.717, 1.165) is 16.7 Å². The minimum atomic E-state index is -0.245. The second kappa shape index (κ2) is 7.21. The molecule has 0 saturated carbocycles. The number of aromatic nitrogens is 2. The average molecular weight is 374 g/mol. The van der Waals surface area contributed by atoms with Crippen molar-refractivity contribution in [1.29, 1.82) is 0 Å². The molecule has 0 unspecified atom stereocenters. The Balaban J connectivity index is 1.75. The van der Waals surface area contributed by atoms with Gasteiger partial charge >= 0.3 is 0 Å². The molecule has 0 aliphatic heterocycles. The molecule has 1 N–H and O–H groups in total. The van der Waals surface area contributed by atoms with Crippen molar-refractivity contribution >= 4 is 35.4 Å². The van der Waals surface area contributed by atoms with Crippen LogP contribution in [0.2, 0.25) is 5.02 Å². The highest BCUT2D eigenvalue weighted by Gasteiger charge is 2.12. The van der Waals surface area contributed by atoms with Gasteiger partial charge in [-0.1, -0.05) is 29.3 Å². The molecule has 25 heavy (non-hydrogen) atoms. The van der Waals surface area contributed by atoms with Gasteiger partial charge in [0.25, 0.3) is 4.84 Å². The van der Waals surface area contributed by atoms with Gasteiger partial charge in [0.2, 0.25) is 11.8 Å². The lowest BCUT2D eigenvalue weighted by Gasteiger charge is -2.08. The first-order valence-electron chi connectivity index (χ1n) is 7.63. The number of benzene rings is 2. The smallest absolute Gasteiger partial charge is 0.287 e. The molecule has 0 atom stereocenters. The summed E-state index contributed by atoms with van der Waals surface area (Å²) in [6.45, 7) is 3.84. The fourth-order valence-corrected chi connectivity index (χ4v) is 2.72. The van der Waals surface area contributed by atoms with Crippen LogP contribution in [0.25, 0.3) is 11.5 Å². The average Bonchev–Trinajstić information content (AvgIpc) is 2.91. The van der Waals surface area contributed by atoms with E-state index in [1.54, 1.807) is 18.2 Å². The Bertz CT molecular complexity index is 977. The molecule has 0 fully saturated rings. The number of hydrogen-bond acceptors (Lipinski definition) is 4. The van der Waals surface area contributed by atoms with Crippen molar-refractivity contribution in [1.82, 2.24) is 9.78 Å². The predicted molar refractivity (Wildman–Crippen MR) is 100 cm³/mol. The summed E-state index contributed by atoms with van der Waals surface area (Å²) in [7, 11) is 0. The molecule has 0 aliphatic rings. The first-order chi connectivity index (χ1) is 11.9. The lowest BCUT2D eigenvalue weighted by Crippen LogP contribution is -2.20. The molecule has 0 saturated heterocycles. The Morgan fingerprint density at radius 1 is 1.24 bits per heavy atom. The number of amides is 1. The maximum absolute atomic E-state index is 12.3. The molecule has 0 spiro atoms. The number of aryl methyl sites for hydroxylation is 2. The van der Waals surface area contributed by atoms with Gasteiger partial charge in [-0.05, 0) is 62.0 Å². The van der Waals surface area contributed by atoms with E-state index in [2.05, 4.69) is 10.4 Å². The topological polar surface area (TPSA) is 60.1 Å². The standard InChI is InChI=1S/C18H16ClN3O2S/c1-11-3-5-13(6-4-11)17-21-22(18(25)24-17)10-16(23)20-15-8-7-14(19)9-12(15)2/h3-9H,10H2,1-2H3,(H,20,23). The van der Waals surface area contributed by atoms with E-state index in [1.165, 1.54) is 4.68 Å². The van der Waals surface area contributed by atoms with Crippen molar-refractivity contribution in [3.8, 4) is 11.5 Å². The number of rotatable bonds is 4. The Kier molecular flexibility index (Phi) is 5.01. The zero-order valence-electron chi connectivity index (χ0n) is 13.7. The number of carbonyl (C=O) groups is 1. The maximum Gasteiger partial charge on any atom is 0.287 e. The summed E-state index contributed by atoms with van der Waals surface area (Å²) in [5, 5.41) is 7.74. The maximum atomic E-state index is 12.3. The van der Waals surface area contributed by atoms with Gasteiger partial charge in [-0.15, -0.1) is 5.10 Å². The highest BCUT2D eigenvalue weighted by Crippen LogP contribution is 2.20. The van der Waals surface area contributed by atoms with E-state index in [1.807, 2.05) is 38.1 Å². The third kappa shape index (κ3) is 4.15. The molecule has 0 aliphatic carbocycles. The predicted octanol–water partition coefficient (Wildman–Crippen LogP) is 4.78. The first-order valence-corrected chi connectivity index (χ1v) is 8.42. The summed E-state index contributed by atoms with van der Waals surface area (Å²) >= 11 is 11.1. The van der Waals surface area contributed by atoms with Gasteiger partial charge in [0.05, 0.1) is 0 Å². The summed E-state index contributed by atoms with van der Waals surface area (Å²) in [4.78, 5) is 12.4. The van der Waals surface area contributed by atoms with Crippen LogP contribution in [0.5, 0.6) is 0 Å². The van der Waals surface area contributed by atoms with Crippen LogP contribution >= 0.6 is 23.8 Å². The van der Waals surface area contributed by atoms with E-state index in [4.69, 9.17) is 28.2 Å². The molecular weight excluding hydrogens is 358 g/mol. The SMILES string of the molecule is Cc1ccc(-c2nn(CC(=O)Nc3ccc(Cl)cc3C)c(=S)o2)cc1. The van der Waals surface area contributed by atoms with E-state index in [0.29, 0.717) is 16.6 Å². The summed E-state index contributed by atoms with van der Waals surface area (Å²) in [6, 6.07) is 13.0. The molecule has 1 aromatic heterocycles. The lowest BCUT2D eigenvalue weighted by atomic mass is 10.1. The molecular formula is C18H16ClN3O2S. The molecule has 1 amide bonds. The van der Waals surface area contributed by atoms with Gasteiger partial charge in [-0.3, -0.25) is 4.79 Å². The summed E-state index contributed by atoms with van der Waals surface area (Å²) in [6.07, 6.45) is 0. The van der Waals surface area contributed by atoms with E-state index in [9.17, 15) is 4.79 Å². The summed E-state index contributed by atoms with van der Waals surface area (Å²) in [5.74, 6) is 0.144. The molecule has 128 valence electrons. The Hall–Kier alpha value is -2.44. The molecule has 3 aromatic rings. The van der Waals surface area contributed by atoms with Crippen LogP contribution in [0.1, 0.15) is 11.1 Å². The Morgan fingerprint density at radius 2 is 1.96 bits per heavy atom. The monoisotopic (exact) mass is 373 g/mol. The van der Waals surface area contributed by atoms with E-state index >= 15 is 0 Å².